The Morgan fingerprint density at radius 2 is 1.88 bits per heavy atom. The Balaban J connectivity index is 1.54. The van der Waals surface area contributed by atoms with Gasteiger partial charge in [-0.1, -0.05) is 26.0 Å². The molecular formula is C19H25NO4. The average Bonchev–Trinajstić information content (AvgIpc) is 3.30. The maximum absolute atomic E-state index is 12.4. The van der Waals surface area contributed by atoms with Crippen LogP contribution in [0, 0.1) is 17.8 Å². The molecule has 1 N–H and O–H groups in total. The first-order chi connectivity index (χ1) is 11.5. The van der Waals surface area contributed by atoms with Crippen LogP contribution in [0.15, 0.2) is 24.3 Å². The Labute approximate surface area is 142 Å². The van der Waals surface area contributed by atoms with Crippen molar-refractivity contribution in [2.24, 2.45) is 17.8 Å². The van der Waals surface area contributed by atoms with Crippen LogP contribution in [-0.4, -0.2) is 41.6 Å². The number of ether oxygens (including phenoxy) is 1. The summed E-state index contributed by atoms with van der Waals surface area (Å²) < 4.78 is 5.58. The first kappa shape index (κ1) is 16.8. The van der Waals surface area contributed by atoms with Crippen LogP contribution in [-0.2, 0) is 9.59 Å². The van der Waals surface area contributed by atoms with Crippen molar-refractivity contribution in [1.82, 2.24) is 4.90 Å². The van der Waals surface area contributed by atoms with E-state index in [0.29, 0.717) is 30.7 Å². The van der Waals surface area contributed by atoms with E-state index in [1.54, 1.807) is 4.90 Å². The van der Waals surface area contributed by atoms with Gasteiger partial charge in [-0.3, -0.25) is 9.59 Å². The minimum absolute atomic E-state index is 0.0370. The van der Waals surface area contributed by atoms with Crippen molar-refractivity contribution >= 4 is 11.9 Å². The quantitative estimate of drug-likeness (QED) is 0.870. The van der Waals surface area contributed by atoms with Crippen molar-refractivity contribution in [2.45, 2.75) is 32.6 Å². The topological polar surface area (TPSA) is 66.8 Å². The van der Waals surface area contributed by atoms with Crippen LogP contribution in [0.3, 0.4) is 0 Å². The van der Waals surface area contributed by atoms with Gasteiger partial charge in [0.15, 0.2) is 6.61 Å². The van der Waals surface area contributed by atoms with Crippen molar-refractivity contribution < 1.29 is 19.4 Å². The number of aliphatic carboxylic acids is 1. The zero-order valence-corrected chi connectivity index (χ0v) is 14.3. The molecule has 0 unspecified atom stereocenters. The second-order valence-electron chi connectivity index (χ2n) is 7.26. The molecule has 0 spiro atoms. The highest BCUT2D eigenvalue weighted by molar-refractivity contribution is 5.80. The maximum atomic E-state index is 12.4. The van der Waals surface area contributed by atoms with Crippen molar-refractivity contribution in [2.75, 3.05) is 19.7 Å². The van der Waals surface area contributed by atoms with E-state index in [9.17, 15) is 14.7 Å². The number of rotatable bonds is 6. The molecule has 2 aliphatic rings. The van der Waals surface area contributed by atoms with Crippen molar-refractivity contribution in [1.29, 1.82) is 0 Å². The van der Waals surface area contributed by atoms with E-state index in [2.05, 4.69) is 13.8 Å². The van der Waals surface area contributed by atoms with Gasteiger partial charge in [0, 0.05) is 13.1 Å². The molecule has 24 heavy (non-hydrogen) atoms. The molecule has 5 nitrogen and oxygen atoms in total. The van der Waals surface area contributed by atoms with E-state index < -0.39 is 11.9 Å². The summed E-state index contributed by atoms with van der Waals surface area (Å²) in [6.45, 7) is 5.08. The molecule has 3 rings (SSSR count). The summed E-state index contributed by atoms with van der Waals surface area (Å²) in [6, 6.07) is 7.76. The lowest BCUT2D eigenvalue weighted by atomic mass is 9.92. The molecule has 1 saturated carbocycles. The van der Waals surface area contributed by atoms with Gasteiger partial charge in [0.2, 0.25) is 0 Å². The number of carboxylic acids is 1. The smallest absolute Gasteiger partial charge is 0.308 e. The minimum atomic E-state index is -0.785. The molecule has 0 bridgehead atoms. The minimum Gasteiger partial charge on any atom is -0.484 e. The molecule has 5 heteroatoms. The number of carboxylic acid groups (broad SMARTS) is 1. The number of carbonyl (C=O) groups excluding carboxylic acids is 1. The Hall–Kier alpha value is -2.04. The fourth-order valence-corrected chi connectivity index (χ4v) is 3.48. The van der Waals surface area contributed by atoms with Crippen LogP contribution < -0.4 is 4.74 Å². The van der Waals surface area contributed by atoms with Gasteiger partial charge < -0.3 is 14.7 Å². The summed E-state index contributed by atoms with van der Waals surface area (Å²) in [5.74, 6) is 0.375. The highest BCUT2D eigenvalue weighted by Gasteiger charge is 2.46. The summed E-state index contributed by atoms with van der Waals surface area (Å²) in [5, 5.41) is 9.37. The maximum Gasteiger partial charge on any atom is 0.308 e. The van der Waals surface area contributed by atoms with Crippen LogP contribution in [0.1, 0.15) is 38.2 Å². The molecule has 1 aromatic rings. The van der Waals surface area contributed by atoms with Gasteiger partial charge >= 0.3 is 5.97 Å². The van der Waals surface area contributed by atoms with E-state index in [1.165, 1.54) is 5.56 Å². The molecule has 130 valence electrons. The average molecular weight is 331 g/mol. The van der Waals surface area contributed by atoms with Crippen LogP contribution in [0.2, 0.25) is 0 Å². The number of likely N-dealkylation sites (tertiary alicyclic amines) is 1. The summed E-state index contributed by atoms with van der Waals surface area (Å²) in [7, 11) is 0. The Kier molecular flexibility index (Phi) is 4.78. The van der Waals surface area contributed by atoms with E-state index in [0.717, 1.165) is 12.8 Å². The highest BCUT2D eigenvalue weighted by Crippen LogP contribution is 2.44. The lowest BCUT2D eigenvalue weighted by Crippen LogP contribution is -2.33. The van der Waals surface area contributed by atoms with Gasteiger partial charge in [-0.2, -0.15) is 0 Å². The number of nitrogens with zero attached hydrogens (tertiary/aromatic N) is 1. The predicted octanol–water partition coefficient (Wildman–Crippen LogP) is 2.76. The molecule has 0 aromatic heterocycles. The van der Waals surface area contributed by atoms with Gasteiger partial charge in [0.1, 0.15) is 5.75 Å². The number of hydrogen-bond acceptors (Lipinski definition) is 3. The third-order valence-electron chi connectivity index (χ3n) is 5.17. The van der Waals surface area contributed by atoms with E-state index >= 15 is 0 Å². The van der Waals surface area contributed by atoms with Gasteiger partial charge in [-0.05, 0) is 48.3 Å². The molecule has 1 heterocycles. The zero-order chi connectivity index (χ0) is 17.3. The Bertz CT molecular complexity index is 606. The second kappa shape index (κ2) is 6.83. The number of carbonyl (C=O) groups is 2. The van der Waals surface area contributed by atoms with Gasteiger partial charge in [0.05, 0.1) is 5.92 Å². The van der Waals surface area contributed by atoms with Crippen LogP contribution in [0.25, 0.3) is 0 Å². The summed E-state index contributed by atoms with van der Waals surface area (Å²) in [5.41, 5.74) is 1.23. The molecule has 1 saturated heterocycles. The molecule has 0 radical (unpaired) electrons. The van der Waals surface area contributed by atoms with Crippen LogP contribution in [0.5, 0.6) is 5.75 Å². The van der Waals surface area contributed by atoms with E-state index in [-0.39, 0.29) is 18.4 Å². The van der Waals surface area contributed by atoms with Crippen molar-refractivity contribution in [3.63, 3.8) is 0 Å². The predicted molar refractivity (Wildman–Crippen MR) is 89.9 cm³/mol. The standard InChI is InChI=1S/C19H25NO4/c1-12(2)13-5-7-15(8-6-13)24-11-18(21)20-9-16(14-3-4-14)17(10-20)19(22)23/h5-8,12,14,16-17H,3-4,9-11H2,1-2H3,(H,22,23)/t16-,17+/m1/s1. The lowest BCUT2D eigenvalue weighted by molar-refractivity contribution is -0.142. The second-order valence-corrected chi connectivity index (χ2v) is 7.26. The monoisotopic (exact) mass is 331 g/mol. The molecule has 1 aromatic carbocycles. The first-order valence-electron chi connectivity index (χ1n) is 8.69. The van der Waals surface area contributed by atoms with E-state index in [1.807, 2.05) is 24.3 Å². The van der Waals surface area contributed by atoms with Gasteiger partial charge in [-0.15, -0.1) is 0 Å². The molecule has 1 aliphatic carbocycles. The third-order valence-corrected chi connectivity index (χ3v) is 5.17. The van der Waals surface area contributed by atoms with Gasteiger partial charge in [0.25, 0.3) is 5.91 Å². The third kappa shape index (κ3) is 3.71. The molecule has 1 amide bonds. The molecule has 1 aliphatic heterocycles. The number of amides is 1. The van der Waals surface area contributed by atoms with Crippen LogP contribution in [0.4, 0.5) is 0 Å². The summed E-state index contributed by atoms with van der Waals surface area (Å²) in [4.78, 5) is 25.4. The number of hydrogen-bond donors (Lipinski definition) is 1. The number of benzene rings is 1. The van der Waals surface area contributed by atoms with Crippen molar-refractivity contribution in [3.8, 4) is 5.75 Å². The molecule has 2 fully saturated rings. The first-order valence-corrected chi connectivity index (χ1v) is 8.69. The summed E-state index contributed by atoms with van der Waals surface area (Å²) >= 11 is 0. The SMILES string of the molecule is CC(C)c1ccc(OCC(=O)N2C[C@H](C(=O)O)[C@@H](C3CC3)C2)cc1. The van der Waals surface area contributed by atoms with E-state index in [4.69, 9.17) is 4.74 Å². The van der Waals surface area contributed by atoms with Crippen molar-refractivity contribution in [3.05, 3.63) is 29.8 Å². The highest BCUT2D eigenvalue weighted by atomic mass is 16.5. The molecular weight excluding hydrogens is 306 g/mol. The summed E-state index contributed by atoms with van der Waals surface area (Å²) in [6.07, 6.45) is 2.18. The Morgan fingerprint density at radius 3 is 2.42 bits per heavy atom. The van der Waals surface area contributed by atoms with Crippen LogP contribution >= 0.6 is 0 Å². The fourth-order valence-electron chi connectivity index (χ4n) is 3.48. The fraction of sp³-hybridized carbons (Fsp3) is 0.579. The normalized spacial score (nSPS) is 23.5. The van der Waals surface area contributed by atoms with Gasteiger partial charge in [-0.25, -0.2) is 0 Å². The lowest BCUT2D eigenvalue weighted by Gasteiger charge is -2.17. The molecule has 2 atom stereocenters. The zero-order valence-electron chi connectivity index (χ0n) is 14.3. The largest absolute Gasteiger partial charge is 0.484 e. The Morgan fingerprint density at radius 1 is 1.21 bits per heavy atom.